The Labute approximate surface area is 111 Å². The predicted molar refractivity (Wildman–Crippen MR) is 70.6 cm³/mol. The Bertz CT molecular complexity index is 448. The molecule has 1 amide bonds. The molecule has 0 aromatic heterocycles. The van der Waals surface area contributed by atoms with E-state index in [4.69, 9.17) is 15.2 Å². The van der Waals surface area contributed by atoms with E-state index in [2.05, 4.69) is 5.32 Å². The van der Waals surface area contributed by atoms with Gasteiger partial charge in [0.05, 0.1) is 12.3 Å². The van der Waals surface area contributed by atoms with E-state index in [1.165, 1.54) is 0 Å². The van der Waals surface area contributed by atoms with Gasteiger partial charge in [0, 0.05) is 0 Å². The number of para-hydroxylation sites is 2. The highest BCUT2D eigenvalue weighted by molar-refractivity contribution is 5.85. The molecule has 0 saturated heterocycles. The van der Waals surface area contributed by atoms with Crippen molar-refractivity contribution in [2.24, 2.45) is 0 Å². The third-order valence-electron chi connectivity index (χ3n) is 2.30. The van der Waals surface area contributed by atoms with Crippen molar-refractivity contribution in [3.63, 3.8) is 0 Å². The minimum atomic E-state index is -0.704. The van der Waals surface area contributed by atoms with Crippen molar-refractivity contribution in [3.8, 4) is 5.75 Å². The van der Waals surface area contributed by atoms with Crippen molar-refractivity contribution in [1.29, 1.82) is 0 Å². The topological polar surface area (TPSA) is 90.6 Å². The summed E-state index contributed by atoms with van der Waals surface area (Å²) in [6.07, 6.45) is 0. The van der Waals surface area contributed by atoms with Gasteiger partial charge >= 0.3 is 5.97 Å². The molecule has 1 aromatic carbocycles. The predicted octanol–water partition coefficient (Wildman–Crippen LogP) is 0.715. The molecular formula is C13H18N2O4. The Balaban J connectivity index is 2.40. The summed E-state index contributed by atoms with van der Waals surface area (Å²) in [5.74, 6) is -0.458. The molecule has 1 unspecified atom stereocenters. The number of benzene rings is 1. The molecule has 19 heavy (non-hydrogen) atoms. The summed E-state index contributed by atoms with van der Waals surface area (Å²) >= 11 is 0. The monoisotopic (exact) mass is 266 g/mol. The molecule has 0 fully saturated rings. The average Bonchev–Trinajstić information content (AvgIpc) is 2.38. The van der Waals surface area contributed by atoms with Crippen molar-refractivity contribution in [2.45, 2.75) is 19.9 Å². The average molecular weight is 266 g/mol. The normalized spacial score (nSPS) is 11.5. The molecule has 0 saturated carbocycles. The van der Waals surface area contributed by atoms with Gasteiger partial charge in [-0.3, -0.25) is 4.79 Å². The maximum atomic E-state index is 11.6. The molecule has 1 atom stereocenters. The Morgan fingerprint density at radius 2 is 2.05 bits per heavy atom. The molecule has 0 heterocycles. The van der Waals surface area contributed by atoms with E-state index >= 15 is 0 Å². The number of hydrogen-bond acceptors (Lipinski definition) is 5. The number of carbonyl (C=O) groups is 2. The number of hydrogen-bond donors (Lipinski definition) is 2. The zero-order valence-corrected chi connectivity index (χ0v) is 11.0. The zero-order chi connectivity index (χ0) is 14.3. The number of nitrogen functional groups attached to an aromatic ring is 1. The first kappa shape index (κ1) is 14.8. The molecule has 0 aliphatic heterocycles. The fraction of sp³-hybridized carbons (Fsp3) is 0.385. The zero-order valence-electron chi connectivity index (χ0n) is 11.0. The highest BCUT2D eigenvalue weighted by Crippen LogP contribution is 2.19. The molecule has 104 valence electrons. The molecule has 1 rings (SSSR count). The van der Waals surface area contributed by atoms with Crippen LogP contribution in [-0.4, -0.2) is 31.1 Å². The van der Waals surface area contributed by atoms with E-state index in [0.29, 0.717) is 11.4 Å². The van der Waals surface area contributed by atoms with Crippen molar-refractivity contribution in [3.05, 3.63) is 24.3 Å². The van der Waals surface area contributed by atoms with E-state index < -0.39 is 17.9 Å². The molecule has 6 nitrogen and oxygen atoms in total. The van der Waals surface area contributed by atoms with E-state index in [0.717, 1.165) is 0 Å². The van der Waals surface area contributed by atoms with E-state index in [-0.39, 0.29) is 13.2 Å². The molecule has 0 bridgehead atoms. The number of esters is 1. The lowest BCUT2D eigenvalue weighted by atomic mass is 10.3. The van der Waals surface area contributed by atoms with Crippen LogP contribution >= 0.6 is 0 Å². The van der Waals surface area contributed by atoms with E-state index in [1.54, 1.807) is 38.1 Å². The first-order valence-electron chi connectivity index (χ1n) is 5.98. The lowest BCUT2D eigenvalue weighted by Crippen LogP contribution is -2.41. The van der Waals surface area contributed by atoms with Gasteiger partial charge in [-0.25, -0.2) is 4.79 Å². The maximum Gasteiger partial charge on any atom is 0.328 e. The van der Waals surface area contributed by atoms with Crippen LogP contribution in [0.1, 0.15) is 13.8 Å². The summed E-state index contributed by atoms with van der Waals surface area (Å²) in [5.41, 5.74) is 6.12. The van der Waals surface area contributed by atoms with Crippen LogP contribution in [0.15, 0.2) is 24.3 Å². The van der Waals surface area contributed by atoms with Crippen molar-refractivity contribution < 1.29 is 19.1 Å². The summed E-state index contributed by atoms with van der Waals surface area (Å²) in [6.45, 7) is 3.31. The molecule has 6 heteroatoms. The van der Waals surface area contributed by atoms with Gasteiger partial charge in [-0.1, -0.05) is 12.1 Å². The second kappa shape index (κ2) is 7.25. The van der Waals surface area contributed by atoms with E-state index in [9.17, 15) is 9.59 Å². The van der Waals surface area contributed by atoms with Gasteiger partial charge < -0.3 is 20.5 Å². The number of anilines is 1. The van der Waals surface area contributed by atoms with Crippen molar-refractivity contribution >= 4 is 17.6 Å². The molecular weight excluding hydrogens is 248 g/mol. The van der Waals surface area contributed by atoms with E-state index in [1.807, 2.05) is 0 Å². The first-order valence-corrected chi connectivity index (χ1v) is 5.98. The molecule has 3 N–H and O–H groups in total. The fourth-order valence-electron chi connectivity index (χ4n) is 1.36. The summed E-state index contributed by atoms with van der Waals surface area (Å²) in [5, 5.41) is 2.47. The summed E-state index contributed by atoms with van der Waals surface area (Å²) in [4.78, 5) is 22.9. The third kappa shape index (κ3) is 4.87. The Hall–Kier alpha value is -2.24. The number of carbonyl (C=O) groups excluding carboxylic acids is 2. The number of nitrogens with two attached hydrogens (primary N) is 1. The van der Waals surface area contributed by atoms with Crippen LogP contribution < -0.4 is 15.8 Å². The van der Waals surface area contributed by atoms with Gasteiger partial charge in [-0.2, -0.15) is 0 Å². The molecule has 0 aliphatic rings. The van der Waals surface area contributed by atoms with Gasteiger partial charge in [0.2, 0.25) is 0 Å². The quantitative estimate of drug-likeness (QED) is 0.584. The Kier molecular flexibility index (Phi) is 5.66. The lowest BCUT2D eigenvalue weighted by molar-refractivity contribution is -0.147. The van der Waals surface area contributed by atoms with Gasteiger partial charge in [0.1, 0.15) is 11.8 Å². The number of rotatable bonds is 6. The molecule has 1 aromatic rings. The minimum Gasteiger partial charge on any atom is -0.482 e. The number of amides is 1. The molecule has 0 aliphatic carbocycles. The summed E-state index contributed by atoms with van der Waals surface area (Å²) < 4.78 is 10.0. The smallest absolute Gasteiger partial charge is 0.328 e. The van der Waals surface area contributed by atoms with Crippen LogP contribution in [0.25, 0.3) is 0 Å². The fourth-order valence-corrected chi connectivity index (χ4v) is 1.36. The van der Waals surface area contributed by atoms with Gasteiger partial charge in [0.15, 0.2) is 6.61 Å². The highest BCUT2D eigenvalue weighted by Gasteiger charge is 2.16. The van der Waals surface area contributed by atoms with Crippen LogP contribution in [0.5, 0.6) is 5.75 Å². The standard InChI is InChI=1S/C13H18N2O4/c1-3-18-13(17)9(2)15-12(16)8-19-11-7-5-4-6-10(11)14/h4-7,9H,3,8,14H2,1-2H3,(H,15,16). The second-order valence-corrected chi connectivity index (χ2v) is 3.87. The third-order valence-corrected chi connectivity index (χ3v) is 2.30. The SMILES string of the molecule is CCOC(=O)C(C)NC(=O)COc1ccccc1N. The van der Waals surface area contributed by atoms with Crippen LogP contribution in [-0.2, 0) is 14.3 Å². The van der Waals surface area contributed by atoms with Crippen molar-refractivity contribution in [1.82, 2.24) is 5.32 Å². The van der Waals surface area contributed by atoms with Crippen LogP contribution in [0.3, 0.4) is 0 Å². The number of ether oxygens (including phenoxy) is 2. The van der Waals surface area contributed by atoms with Gasteiger partial charge in [-0.05, 0) is 26.0 Å². The van der Waals surface area contributed by atoms with Crippen LogP contribution in [0.4, 0.5) is 5.69 Å². The first-order chi connectivity index (χ1) is 9.04. The largest absolute Gasteiger partial charge is 0.482 e. The lowest BCUT2D eigenvalue weighted by Gasteiger charge is -2.13. The maximum absolute atomic E-state index is 11.6. The summed E-state index contributed by atoms with van der Waals surface area (Å²) in [6, 6.07) is 6.16. The second-order valence-electron chi connectivity index (χ2n) is 3.87. The Morgan fingerprint density at radius 3 is 2.68 bits per heavy atom. The van der Waals surface area contributed by atoms with Gasteiger partial charge in [-0.15, -0.1) is 0 Å². The number of nitrogens with one attached hydrogen (secondary N) is 1. The van der Waals surface area contributed by atoms with Gasteiger partial charge in [0.25, 0.3) is 5.91 Å². The summed E-state index contributed by atoms with van der Waals surface area (Å²) in [7, 11) is 0. The molecule has 0 radical (unpaired) electrons. The minimum absolute atomic E-state index is 0.210. The highest BCUT2D eigenvalue weighted by atomic mass is 16.5. The van der Waals surface area contributed by atoms with Crippen LogP contribution in [0, 0.1) is 0 Å². The molecule has 0 spiro atoms. The Morgan fingerprint density at radius 1 is 1.37 bits per heavy atom. The van der Waals surface area contributed by atoms with Crippen molar-refractivity contribution in [2.75, 3.05) is 18.9 Å². The van der Waals surface area contributed by atoms with Crippen LogP contribution in [0.2, 0.25) is 0 Å².